The predicted octanol–water partition coefficient (Wildman–Crippen LogP) is 2.93. The van der Waals surface area contributed by atoms with E-state index >= 15 is 0 Å². The summed E-state index contributed by atoms with van der Waals surface area (Å²) < 4.78 is 3.20. The molecule has 0 saturated carbocycles. The lowest BCUT2D eigenvalue weighted by Crippen LogP contribution is -2.19. The number of fused-ring (bicyclic) bond motifs is 1. The van der Waals surface area contributed by atoms with Crippen LogP contribution >= 0.6 is 0 Å². The Balaban J connectivity index is 1.53. The first kappa shape index (κ1) is 18.9. The second-order valence-corrected chi connectivity index (χ2v) is 7.50. The minimum absolute atomic E-state index is 0.195. The zero-order valence-electron chi connectivity index (χ0n) is 17.1. The first-order valence-electron chi connectivity index (χ1n) is 9.96. The topological polar surface area (TPSA) is 107 Å². The van der Waals surface area contributed by atoms with E-state index in [9.17, 15) is 4.79 Å². The fourth-order valence-corrected chi connectivity index (χ4v) is 3.54. The highest BCUT2D eigenvalue weighted by atomic mass is 16.1. The second-order valence-electron chi connectivity index (χ2n) is 7.50. The van der Waals surface area contributed by atoms with E-state index in [2.05, 4.69) is 44.9 Å². The molecule has 0 aliphatic carbocycles. The Labute approximate surface area is 177 Å². The quantitative estimate of drug-likeness (QED) is 0.476. The molecule has 5 aromatic rings. The van der Waals surface area contributed by atoms with Gasteiger partial charge in [-0.3, -0.25) is 4.57 Å². The van der Waals surface area contributed by atoms with Crippen molar-refractivity contribution < 1.29 is 0 Å². The zero-order valence-corrected chi connectivity index (χ0v) is 17.1. The number of nitrogens with zero attached hydrogens (tertiary/aromatic N) is 7. The third-order valence-electron chi connectivity index (χ3n) is 5.09. The van der Waals surface area contributed by atoms with Gasteiger partial charge in [-0.1, -0.05) is 38.1 Å². The highest BCUT2D eigenvalue weighted by Crippen LogP contribution is 2.27. The SMILES string of the molecule is CC(C)c1ccccc1-c1ncc2[nH]c(=O)n(Cc3ncc(-n4cccn4)cn3)c2n1. The normalized spacial score (nSPS) is 11.5. The molecule has 0 aliphatic heterocycles. The van der Waals surface area contributed by atoms with Crippen LogP contribution in [0.2, 0.25) is 0 Å². The summed E-state index contributed by atoms with van der Waals surface area (Å²) in [6.07, 6.45) is 8.50. The third kappa shape index (κ3) is 3.50. The summed E-state index contributed by atoms with van der Waals surface area (Å²) in [6, 6.07) is 9.88. The van der Waals surface area contributed by atoms with E-state index in [1.807, 2.05) is 30.5 Å². The van der Waals surface area contributed by atoms with Gasteiger partial charge in [0.25, 0.3) is 0 Å². The van der Waals surface area contributed by atoms with Crippen LogP contribution < -0.4 is 5.69 Å². The smallest absolute Gasteiger partial charge is 0.303 e. The van der Waals surface area contributed by atoms with Gasteiger partial charge in [-0.15, -0.1) is 0 Å². The summed E-state index contributed by atoms with van der Waals surface area (Å²) in [4.78, 5) is 33.4. The summed E-state index contributed by atoms with van der Waals surface area (Å²) in [6.45, 7) is 4.46. The lowest BCUT2D eigenvalue weighted by Gasteiger charge is -2.11. The average Bonchev–Trinajstić information content (AvgIpc) is 3.43. The number of hydrogen-bond acceptors (Lipinski definition) is 6. The highest BCUT2D eigenvalue weighted by molar-refractivity contribution is 5.73. The molecular formula is C22H20N8O. The van der Waals surface area contributed by atoms with Gasteiger partial charge in [0.15, 0.2) is 11.5 Å². The minimum atomic E-state index is -0.279. The Morgan fingerprint density at radius 3 is 2.58 bits per heavy atom. The van der Waals surface area contributed by atoms with Crippen molar-refractivity contribution in [1.82, 2.24) is 39.3 Å². The molecule has 1 N–H and O–H groups in total. The van der Waals surface area contributed by atoms with Crippen LogP contribution in [0.25, 0.3) is 28.2 Å². The lowest BCUT2D eigenvalue weighted by atomic mass is 9.97. The molecule has 0 atom stereocenters. The van der Waals surface area contributed by atoms with Gasteiger partial charge in [-0.2, -0.15) is 5.10 Å². The molecule has 154 valence electrons. The Hall–Kier alpha value is -4.14. The number of benzene rings is 1. The van der Waals surface area contributed by atoms with E-state index in [0.29, 0.717) is 28.7 Å². The molecule has 5 rings (SSSR count). The van der Waals surface area contributed by atoms with Gasteiger partial charge in [-0.25, -0.2) is 29.4 Å². The number of imidazole rings is 1. The first-order valence-corrected chi connectivity index (χ1v) is 9.96. The molecule has 0 amide bonds. The van der Waals surface area contributed by atoms with Crippen molar-refractivity contribution in [1.29, 1.82) is 0 Å². The van der Waals surface area contributed by atoms with Crippen molar-refractivity contribution in [3.63, 3.8) is 0 Å². The predicted molar refractivity (Wildman–Crippen MR) is 116 cm³/mol. The van der Waals surface area contributed by atoms with Gasteiger partial charge in [0.05, 0.1) is 25.1 Å². The molecular weight excluding hydrogens is 392 g/mol. The number of hydrogen-bond donors (Lipinski definition) is 1. The molecule has 31 heavy (non-hydrogen) atoms. The molecule has 9 nitrogen and oxygen atoms in total. The molecule has 4 aromatic heterocycles. The largest absolute Gasteiger partial charge is 0.328 e. The lowest BCUT2D eigenvalue weighted by molar-refractivity contribution is 0.725. The molecule has 0 spiro atoms. The fraction of sp³-hybridized carbons (Fsp3) is 0.182. The minimum Gasteiger partial charge on any atom is -0.303 e. The van der Waals surface area contributed by atoms with Crippen LogP contribution in [0, 0.1) is 0 Å². The van der Waals surface area contributed by atoms with E-state index in [0.717, 1.165) is 16.8 Å². The third-order valence-corrected chi connectivity index (χ3v) is 5.09. The Kier molecular flexibility index (Phi) is 4.62. The summed E-state index contributed by atoms with van der Waals surface area (Å²) in [5.74, 6) is 1.41. The number of aromatic nitrogens is 8. The fourth-order valence-electron chi connectivity index (χ4n) is 3.54. The molecule has 9 heteroatoms. The van der Waals surface area contributed by atoms with Crippen LogP contribution in [0.15, 0.2) is 66.1 Å². The average molecular weight is 412 g/mol. The Morgan fingerprint density at radius 1 is 1.03 bits per heavy atom. The Morgan fingerprint density at radius 2 is 1.84 bits per heavy atom. The molecule has 0 unspecified atom stereocenters. The van der Waals surface area contributed by atoms with Crippen molar-refractivity contribution in [2.45, 2.75) is 26.3 Å². The van der Waals surface area contributed by atoms with Gasteiger partial charge in [0, 0.05) is 18.0 Å². The maximum absolute atomic E-state index is 12.6. The van der Waals surface area contributed by atoms with Crippen molar-refractivity contribution in [2.75, 3.05) is 0 Å². The molecule has 0 fully saturated rings. The first-order chi connectivity index (χ1) is 15.1. The van der Waals surface area contributed by atoms with Crippen LogP contribution in [0.4, 0.5) is 0 Å². The second kappa shape index (κ2) is 7.60. The Bertz CT molecular complexity index is 1400. The van der Waals surface area contributed by atoms with Gasteiger partial charge >= 0.3 is 5.69 Å². The molecule has 0 aliphatic rings. The summed E-state index contributed by atoms with van der Waals surface area (Å²) in [5, 5.41) is 4.16. The van der Waals surface area contributed by atoms with Crippen LogP contribution in [-0.4, -0.2) is 39.3 Å². The van der Waals surface area contributed by atoms with E-state index in [-0.39, 0.29) is 12.2 Å². The standard InChI is InChI=1S/C22H20N8O/c1-14(2)16-6-3-4-7-17(16)20-25-12-18-21(28-20)29(22(31)27-18)13-19-23-10-15(11-24-19)30-9-5-8-26-30/h3-12,14H,13H2,1-2H3,(H,27,31). The van der Waals surface area contributed by atoms with Crippen molar-refractivity contribution in [3.8, 4) is 17.1 Å². The highest BCUT2D eigenvalue weighted by Gasteiger charge is 2.15. The van der Waals surface area contributed by atoms with E-state index in [1.54, 1.807) is 29.5 Å². The van der Waals surface area contributed by atoms with Gasteiger partial charge in [0.2, 0.25) is 0 Å². The number of rotatable bonds is 5. The van der Waals surface area contributed by atoms with Gasteiger partial charge < -0.3 is 4.98 Å². The summed E-state index contributed by atoms with van der Waals surface area (Å²) >= 11 is 0. The number of H-pyrrole nitrogens is 1. The zero-order chi connectivity index (χ0) is 21.4. The van der Waals surface area contributed by atoms with Crippen LogP contribution in [0.1, 0.15) is 31.2 Å². The van der Waals surface area contributed by atoms with Crippen molar-refractivity contribution >= 4 is 11.2 Å². The summed E-state index contributed by atoms with van der Waals surface area (Å²) in [7, 11) is 0. The van der Waals surface area contributed by atoms with Crippen LogP contribution in [0.3, 0.4) is 0 Å². The van der Waals surface area contributed by atoms with Crippen LogP contribution in [0.5, 0.6) is 0 Å². The molecule has 0 bridgehead atoms. The van der Waals surface area contributed by atoms with Gasteiger partial charge in [-0.05, 0) is 17.5 Å². The van der Waals surface area contributed by atoms with Crippen molar-refractivity contribution in [2.24, 2.45) is 0 Å². The van der Waals surface area contributed by atoms with E-state index < -0.39 is 0 Å². The van der Waals surface area contributed by atoms with Crippen LogP contribution in [-0.2, 0) is 6.54 Å². The molecule has 0 saturated heterocycles. The monoisotopic (exact) mass is 412 g/mol. The summed E-state index contributed by atoms with van der Waals surface area (Å²) in [5.41, 5.74) is 3.67. The van der Waals surface area contributed by atoms with Gasteiger partial charge in [0.1, 0.15) is 17.0 Å². The van der Waals surface area contributed by atoms with E-state index in [1.165, 1.54) is 4.57 Å². The van der Waals surface area contributed by atoms with E-state index in [4.69, 9.17) is 4.98 Å². The number of aromatic amines is 1. The molecule has 4 heterocycles. The maximum atomic E-state index is 12.6. The number of nitrogens with one attached hydrogen (secondary N) is 1. The van der Waals surface area contributed by atoms with Crippen molar-refractivity contribution in [3.05, 3.63) is 83.2 Å². The molecule has 0 radical (unpaired) electrons. The molecule has 1 aromatic carbocycles. The maximum Gasteiger partial charge on any atom is 0.328 e.